The summed E-state index contributed by atoms with van der Waals surface area (Å²) in [5.74, 6) is -1.66. The van der Waals surface area contributed by atoms with Gasteiger partial charge in [0.15, 0.2) is 0 Å². The molecule has 7 nitrogen and oxygen atoms in total. The third-order valence-corrected chi connectivity index (χ3v) is 8.24. The van der Waals surface area contributed by atoms with E-state index in [-0.39, 0.29) is 35.4 Å². The van der Waals surface area contributed by atoms with Crippen molar-refractivity contribution in [3.8, 4) is 0 Å². The minimum absolute atomic E-state index is 0.0391. The van der Waals surface area contributed by atoms with Crippen LogP contribution in [0.4, 0.5) is 10.1 Å². The van der Waals surface area contributed by atoms with Gasteiger partial charge >= 0.3 is 0 Å². The third-order valence-electron chi connectivity index (χ3n) is 6.10. The van der Waals surface area contributed by atoms with Crippen LogP contribution < -0.4 is 9.62 Å². The molecular weight excluding hydrogens is 541 g/mol. The molecular formula is C29H33ClFN3O4S. The molecule has 3 rings (SSSR count). The summed E-state index contributed by atoms with van der Waals surface area (Å²) in [5, 5.41) is 3.26. The van der Waals surface area contributed by atoms with Crippen molar-refractivity contribution in [3.05, 3.63) is 95.3 Å². The molecule has 0 unspecified atom stereocenters. The zero-order valence-electron chi connectivity index (χ0n) is 22.2. The van der Waals surface area contributed by atoms with Gasteiger partial charge in [-0.1, -0.05) is 80.9 Å². The molecule has 2 amide bonds. The van der Waals surface area contributed by atoms with Gasteiger partial charge in [0.2, 0.25) is 11.8 Å². The van der Waals surface area contributed by atoms with Crippen LogP contribution in [0, 0.1) is 11.7 Å². The second-order valence-corrected chi connectivity index (χ2v) is 11.7. The molecule has 1 atom stereocenters. The zero-order valence-corrected chi connectivity index (χ0v) is 23.8. The number of rotatable bonds is 12. The molecule has 0 fully saturated rings. The standard InChI is InChI=1S/C29H33ClFN3O4S/c1-4-26(29(36)32-18-21(2)3)33(19-22-12-8-9-15-24(22)30)28(35)20-34(27-17-11-10-16-25(27)31)39(37,38)23-13-6-5-7-14-23/h5-17,21,26H,4,18-20H2,1-3H3,(H,32,36)/t26-/m0/s1. The molecule has 0 spiro atoms. The topological polar surface area (TPSA) is 86.8 Å². The Bertz CT molecular complexity index is 1390. The Morgan fingerprint density at radius 3 is 2.18 bits per heavy atom. The minimum Gasteiger partial charge on any atom is -0.354 e. The van der Waals surface area contributed by atoms with Gasteiger partial charge < -0.3 is 10.2 Å². The molecule has 1 N–H and O–H groups in total. The molecule has 0 bridgehead atoms. The molecule has 0 aliphatic heterocycles. The van der Waals surface area contributed by atoms with Gasteiger partial charge in [0.05, 0.1) is 10.6 Å². The van der Waals surface area contributed by atoms with E-state index in [1.54, 1.807) is 49.4 Å². The number of carbonyl (C=O) groups is 2. The number of halogens is 2. The molecule has 0 saturated heterocycles. The minimum atomic E-state index is -4.34. The van der Waals surface area contributed by atoms with Crippen LogP contribution in [0.5, 0.6) is 0 Å². The molecule has 0 heterocycles. The Kier molecular flexibility index (Phi) is 10.5. The summed E-state index contributed by atoms with van der Waals surface area (Å²) in [7, 11) is -4.34. The van der Waals surface area contributed by atoms with Crippen LogP contribution in [-0.2, 0) is 26.2 Å². The Hall–Kier alpha value is -3.43. The highest BCUT2D eigenvalue weighted by Gasteiger charge is 2.34. The first-order valence-corrected chi connectivity index (χ1v) is 14.5. The van der Waals surface area contributed by atoms with Crippen molar-refractivity contribution in [2.45, 2.75) is 44.7 Å². The first-order valence-electron chi connectivity index (χ1n) is 12.7. The molecule has 10 heteroatoms. The van der Waals surface area contributed by atoms with Gasteiger partial charge in [0.25, 0.3) is 10.0 Å². The fraction of sp³-hybridized carbons (Fsp3) is 0.310. The Morgan fingerprint density at radius 2 is 1.56 bits per heavy atom. The van der Waals surface area contributed by atoms with Gasteiger partial charge in [-0.3, -0.25) is 13.9 Å². The highest BCUT2D eigenvalue weighted by molar-refractivity contribution is 7.92. The first-order chi connectivity index (χ1) is 18.6. The lowest BCUT2D eigenvalue weighted by molar-refractivity contribution is -0.140. The summed E-state index contributed by atoms with van der Waals surface area (Å²) in [6.07, 6.45) is 0.269. The second kappa shape index (κ2) is 13.6. The largest absolute Gasteiger partial charge is 0.354 e. The number of carbonyl (C=O) groups excluding carboxylic acids is 2. The Labute approximate surface area is 234 Å². The summed E-state index contributed by atoms with van der Waals surface area (Å²) in [4.78, 5) is 28.4. The smallest absolute Gasteiger partial charge is 0.264 e. The summed E-state index contributed by atoms with van der Waals surface area (Å²) in [6, 6.07) is 18.9. The average molecular weight is 574 g/mol. The van der Waals surface area contributed by atoms with Gasteiger partial charge in [-0.05, 0) is 48.2 Å². The van der Waals surface area contributed by atoms with Crippen LogP contribution in [0.15, 0.2) is 83.8 Å². The van der Waals surface area contributed by atoms with Gasteiger partial charge in [-0.2, -0.15) is 0 Å². The number of benzene rings is 3. The lowest BCUT2D eigenvalue weighted by Gasteiger charge is -2.33. The van der Waals surface area contributed by atoms with E-state index in [1.165, 1.54) is 35.2 Å². The lowest BCUT2D eigenvalue weighted by atomic mass is 10.1. The number of nitrogens with zero attached hydrogens (tertiary/aromatic N) is 2. The summed E-state index contributed by atoms with van der Waals surface area (Å²) >= 11 is 6.38. The molecule has 3 aromatic carbocycles. The van der Waals surface area contributed by atoms with Crippen LogP contribution in [-0.4, -0.2) is 44.3 Å². The lowest BCUT2D eigenvalue weighted by Crippen LogP contribution is -2.52. The molecule has 0 aliphatic carbocycles. The van der Waals surface area contributed by atoms with Crippen molar-refractivity contribution in [1.29, 1.82) is 0 Å². The molecule has 0 aromatic heterocycles. The summed E-state index contributed by atoms with van der Waals surface area (Å²) in [6.45, 7) is 5.32. The number of hydrogen-bond donors (Lipinski definition) is 1. The van der Waals surface area contributed by atoms with Crippen LogP contribution in [0.2, 0.25) is 5.02 Å². The molecule has 208 valence electrons. The predicted molar refractivity (Wildman–Crippen MR) is 151 cm³/mol. The second-order valence-electron chi connectivity index (χ2n) is 9.45. The fourth-order valence-corrected chi connectivity index (χ4v) is 5.68. The van der Waals surface area contributed by atoms with E-state index in [1.807, 2.05) is 13.8 Å². The van der Waals surface area contributed by atoms with Crippen LogP contribution in [0.1, 0.15) is 32.8 Å². The van der Waals surface area contributed by atoms with E-state index in [0.29, 0.717) is 17.1 Å². The van der Waals surface area contributed by atoms with E-state index >= 15 is 0 Å². The number of amides is 2. The molecule has 0 radical (unpaired) electrons. The van der Waals surface area contributed by atoms with E-state index in [4.69, 9.17) is 11.6 Å². The monoisotopic (exact) mass is 573 g/mol. The van der Waals surface area contributed by atoms with Crippen LogP contribution >= 0.6 is 11.6 Å². The van der Waals surface area contributed by atoms with Gasteiger partial charge in [0.1, 0.15) is 18.4 Å². The quantitative estimate of drug-likeness (QED) is 0.320. The normalized spacial score (nSPS) is 12.2. The van der Waals surface area contributed by atoms with Gasteiger partial charge in [-0.15, -0.1) is 0 Å². The van der Waals surface area contributed by atoms with E-state index in [0.717, 1.165) is 10.4 Å². The van der Waals surface area contributed by atoms with Gasteiger partial charge in [-0.25, -0.2) is 12.8 Å². The van der Waals surface area contributed by atoms with Crippen LogP contribution in [0.25, 0.3) is 0 Å². The summed E-state index contributed by atoms with van der Waals surface area (Å²) < 4.78 is 43.1. The Morgan fingerprint density at radius 1 is 0.949 bits per heavy atom. The van der Waals surface area contributed by atoms with Gasteiger partial charge in [0, 0.05) is 18.1 Å². The molecule has 39 heavy (non-hydrogen) atoms. The number of para-hydroxylation sites is 1. The molecule has 0 saturated carbocycles. The number of sulfonamides is 1. The average Bonchev–Trinajstić information content (AvgIpc) is 2.92. The number of hydrogen-bond acceptors (Lipinski definition) is 4. The Balaban J connectivity index is 2.06. The maximum absolute atomic E-state index is 15.0. The van der Waals surface area contributed by atoms with Crippen molar-refractivity contribution in [1.82, 2.24) is 10.2 Å². The van der Waals surface area contributed by atoms with Crippen molar-refractivity contribution < 1.29 is 22.4 Å². The third kappa shape index (κ3) is 7.58. The van der Waals surface area contributed by atoms with Crippen molar-refractivity contribution in [3.63, 3.8) is 0 Å². The molecule has 3 aromatic rings. The van der Waals surface area contributed by atoms with Crippen molar-refractivity contribution >= 4 is 39.1 Å². The highest BCUT2D eigenvalue weighted by Crippen LogP contribution is 2.27. The maximum atomic E-state index is 15.0. The van der Waals surface area contributed by atoms with Crippen LogP contribution in [0.3, 0.4) is 0 Å². The van der Waals surface area contributed by atoms with E-state index < -0.39 is 34.3 Å². The highest BCUT2D eigenvalue weighted by atomic mass is 35.5. The van der Waals surface area contributed by atoms with Crippen molar-refractivity contribution in [2.24, 2.45) is 5.92 Å². The molecule has 0 aliphatic rings. The van der Waals surface area contributed by atoms with Crippen molar-refractivity contribution in [2.75, 3.05) is 17.4 Å². The zero-order chi connectivity index (χ0) is 28.6. The fourth-order valence-electron chi connectivity index (χ4n) is 4.04. The van der Waals surface area contributed by atoms with E-state index in [2.05, 4.69) is 5.32 Å². The SMILES string of the molecule is CC[C@@H](C(=O)NCC(C)C)N(Cc1ccccc1Cl)C(=O)CN(c1ccccc1F)S(=O)(=O)c1ccccc1. The number of nitrogens with one attached hydrogen (secondary N) is 1. The predicted octanol–water partition coefficient (Wildman–Crippen LogP) is 5.25. The first kappa shape index (κ1) is 30.1. The van der Waals surface area contributed by atoms with E-state index in [9.17, 15) is 22.4 Å². The number of anilines is 1. The summed E-state index contributed by atoms with van der Waals surface area (Å²) in [5.41, 5.74) is 0.315. The maximum Gasteiger partial charge on any atom is 0.264 e.